The summed E-state index contributed by atoms with van der Waals surface area (Å²) in [5, 5.41) is 10.4. The second-order valence-electron chi connectivity index (χ2n) is 5.26. The van der Waals surface area contributed by atoms with Crippen molar-refractivity contribution in [2.75, 3.05) is 7.11 Å². The van der Waals surface area contributed by atoms with Crippen LogP contribution in [0.25, 0.3) is 0 Å². The van der Waals surface area contributed by atoms with E-state index in [1.165, 1.54) is 0 Å². The molecule has 2 aromatic carbocycles. The van der Waals surface area contributed by atoms with E-state index >= 15 is 0 Å². The first kappa shape index (κ1) is 15.9. The SMILES string of the molecule is COc1ccc(C#Cc2ccccc2)c(C(O)C=C(C)C)c1. The number of rotatable bonds is 3. The van der Waals surface area contributed by atoms with E-state index in [0.717, 1.165) is 22.3 Å². The van der Waals surface area contributed by atoms with Gasteiger partial charge in [-0.15, -0.1) is 0 Å². The molecular formula is C20H20O2. The molecule has 0 bridgehead atoms. The smallest absolute Gasteiger partial charge is 0.119 e. The fourth-order valence-corrected chi connectivity index (χ4v) is 2.09. The van der Waals surface area contributed by atoms with E-state index in [9.17, 15) is 5.11 Å². The van der Waals surface area contributed by atoms with Gasteiger partial charge in [0.25, 0.3) is 0 Å². The third-order valence-corrected chi connectivity index (χ3v) is 3.18. The highest BCUT2D eigenvalue weighted by Crippen LogP contribution is 2.25. The van der Waals surface area contributed by atoms with Gasteiger partial charge in [-0.1, -0.05) is 41.7 Å². The number of hydrogen-bond donors (Lipinski definition) is 1. The largest absolute Gasteiger partial charge is 0.497 e. The minimum atomic E-state index is -0.694. The van der Waals surface area contributed by atoms with Crippen molar-refractivity contribution in [3.05, 3.63) is 76.9 Å². The number of allylic oxidation sites excluding steroid dienone is 1. The Bertz CT molecular complexity index is 714. The lowest BCUT2D eigenvalue weighted by Crippen LogP contribution is -1.99. The molecule has 0 radical (unpaired) electrons. The van der Waals surface area contributed by atoms with Gasteiger partial charge < -0.3 is 9.84 Å². The van der Waals surface area contributed by atoms with Crippen LogP contribution in [-0.4, -0.2) is 12.2 Å². The van der Waals surface area contributed by atoms with Crippen molar-refractivity contribution in [2.24, 2.45) is 0 Å². The number of hydrogen-bond acceptors (Lipinski definition) is 2. The van der Waals surface area contributed by atoms with Crippen molar-refractivity contribution < 1.29 is 9.84 Å². The van der Waals surface area contributed by atoms with Crippen LogP contribution < -0.4 is 4.74 Å². The topological polar surface area (TPSA) is 29.5 Å². The lowest BCUT2D eigenvalue weighted by Gasteiger charge is -2.11. The maximum atomic E-state index is 10.4. The van der Waals surface area contributed by atoms with Crippen LogP contribution in [0.5, 0.6) is 5.75 Å². The van der Waals surface area contributed by atoms with Crippen LogP contribution in [0, 0.1) is 11.8 Å². The minimum absolute atomic E-state index is 0.694. The van der Waals surface area contributed by atoms with Crippen LogP contribution in [0.1, 0.15) is 36.6 Å². The van der Waals surface area contributed by atoms with Crippen LogP contribution in [0.4, 0.5) is 0 Å². The molecule has 0 heterocycles. The zero-order valence-electron chi connectivity index (χ0n) is 13.1. The van der Waals surface area contributed by atoms with E-state index in [4.69, 9.17) is 4.74 Å². The zero-order chi connectivity index (χ0) is 15.9. The van der Waals surface area contributed by atoms with Crippen molar-refractivity contribution >= 4 is 0 Å². The molecule has 0 fully saturated rings. The lowest BCUT2D eigenvalue weighted by molar-refractivity contribution is 0.227. The number of aliphatic hydroxyl groups excluding tert-OH is 1. The van der Waals surface area contributed by atoms with Crippen LogP contribution in [0.2, 0.25) is 0 Å². The molecule has 22 heavy (non-hydrogen) atoms. The second-order valence-corrected chi connectivity index (χ2v) is 5.26. The summed E-state index contributed by atoms with van der Waals surface area (Å²) in [5.74, 6) is 6.97. The molecule has 0 saturated carbocycles. The summed E-state index contributed by atoms with van der Waals surface area (Å²) >= 11 is 0. The van der Waals surface area contributed by atoms with Crippen molar-refractivity contribution in [3.63, 3.8) is 0 Å². The summed E-state index contributed by atoms with van der Waals surface area (Å²) in [4.78, 5) is 0. The maximum Gasteiger partial charge on any atom is 0.119 e. The number of benzene rings is 2. The standard InChI is InChI=1S/C20H20O2/c1-15(2)13-20(21)19-14-18(22-3)12-11-17(19)10-9-16-7-5-4-6-8-16/h4-8,11-14,20-21H,1-3H3. The quantitative estimate of drug-likeness (QED) is 0.682. The highest BCUT2D eigenvalue weighted by atomic mass is 16.5. The van der Waals surface area contributed by atoms with E-state index in [-0.39, 0.29) is 0 Å². The highest BCUT2D eigenvalue weighted by molar-refractivity contribution is 5.50. The monoisotopic (exact) mass is 292 g/mol. The van der Waals surface area contributed by atoms with Crippen LogP contribution in [0.15, 0.2) is 60.2 Å². The van der Waals surface area contributed by atoms with E-state index < -0.39 is 6.10 Å². The Morgan fingerprint density at radius 1 is 1.09 bits per heavy atom. The Labute approximate surface area is 132 Å². The summed E-state index contributed by atoms with van der Waals surface area (Å²) in [6, 6.07) is 15.4. The molecule has 1 unspecified atom stereocenters. The Kier molecular flexibility index (Phi) is 5.41. The number of methoxy groups -OCH3 is 1. The molecule has 1 N–H and O–H groups in total. The molecule has 0 spiro atoms. The molecule has 0 aliphatic heterocycles. The molecule has 112 valence electrons. The summed E-state index contributed by atoms with van der Waals surface area (Å²) in [6.07, 6.45) is 1.11. The van der Waals surface area contributed by atoms with Gasteiger partial charge >= 0.3 is 0 Å². The molecule has 2 nitrogen and oxygen atoms in total. The summed E-state index contributed by atoms with van der Waals surface area (Å²) in [5.41, 5.74) is 3.55. The summed E-state index contributed by atoms with van der Waals surface area (Å²) in [6.45, 7) is 3.91. The van der Waals surface area contributed by atoms with E-state index in [0.29, 0.717) is 5.75 Å². The van der Waals surface area contributed by atoms with Gasteiger partial charge in [-0.25, -0.2) is 0 Å². The third-order valence-electron chi connectivity index (χ3n) is 3.18. The Morgan fingerprint density at radius 2 is 1.82 bits per heavy atom. The predicted octanol–water partition coefficient (Wildman–Crippen LogP) is 4.09. The lowest BCUT2D eigenvalue weighted by atomic mass is 10.00. The fraction of sp³-hybridized carbons (Fsp3) is 0.200. The number of aliphatic hydroxyl groups is 1. The van der Waals surface area contributed by atoms with Gasteiger partial charge in [0.1, 0.15) is 5.75 Å². The molecular weight excluding hydrogens is 272 g/mol. The molecule has 0 saturated heterocycles. The van der Waals surface area contributed by atoms with Crippen LogP contribution in [-0.2, 0) is 0 Å². The Balaban J connectivity index is 2.43. The summed E-state index contributed by atoms with van der Waals surface area (Å²) in [7, 11) is 1.61. The Hall–Kier alpha value is -2.50. The Morgan fingerprint density at radius 3 is 2.45 bits per heavy atom. The van der Waals surface area contributed by atoms with E-state index in [1.807, 2.05) is 68.5 Å². The molecule has 2 heteroatoms. The van der Waals surface area contributed by atoms with Crippen molar-refractivity contribution in [3.8, 4) is 17.6 Å². The zero-order valence-corrected chi connectivity index (χ0v) is 13.1. The maximum absolute atomic E-state index is 10.4. The molecule has 0 aliphatic carbocycles. The van der Waals surface area contributed by atoms with Crippen molar-refractivity contribution in [1.82, 2.24) is 0 Å². The van der Waals surface area contributed by atoms with Crippen molar-refractivity contribution in [1.29, 1.82) is 0 Å². The first-order chi connectivity index (χ1) is 10.6. The number of ether oxygens (including phenoxy) is 1. The van der Waals surface area contributed by atoms with Gasteiger partial charge in [-0.2, -0.15) is 0 Å². The van der Waals surface area contributed by atoms with Gasteiger partial charge in [0.15, 0.2) is 0 Å². The molecule has 0 aliphatic rings. The van der Waals surface area contributed by atoms with E-state index in [1.54, 1.807) is 7.11 Å². The third kappa shape index (κ3) is 4.25. The highest BCUT2D eigenvalue weighted by Gasteiger charge is 2.10. The molecule has 2 rings (SSSR count). The van der Waals surface area contributed by atoms with Gasteiger partial charge in [-0.05, 0) is 44.2 Å². The van der Waals surface area contributed by atoms with E-state index in [2.05, 4.69) is 11.8 Å². The van der Waals surface area contributed by atoms with Gasteiger partial charge in [0.2, 0.25) is 0 Å². The predicted molar refractivity (Wildman–Crippen MR) is 89.8 cm³/mol. The van der Waals surface area contributed by atoms with Gasteiger partial charge in [-0.3, -0.25) is 0 Å². The van der Waals surface area contributed by atoms with Crippen LogP contribution in [0.3, 0.4) is 0 Å². The minimum Gasteiger partial charge on any atom is -0.497 e. The fourth-order valence-electron chi connectivity index (χ4n) is 2.09. The molecule has 0 amide bonds. The molecule has 2 aromatic rings. The van der Waals surface area contributed by atoms with Crippen molar-refractivity contribution in [2.45, 2.75) is 20.0 Å². The molecule has 0 aromatic heterocycles. The first-order valence-electron chi connectivity index (χ1n) is 7.18. The first-order valence-corrected chi connectivity index (χ1v) is 7.18. The normalized spacial score (nSPS) is 11.1. The van der Waals surface area contributed by atoms with Gasteiger partial charge in [0, 0.05) is 16.7 Å². The average molecular weight is 292 g/mol. The summed E-state index contributed by atoms with van der Waals surface area (Å²) < 4.78 is 5.25. The average Bonchev–Trinajstić information content (AvgIpc) is 2.53. The molecule has 1 atom stereocenters. The second kappa shape index (κ2) is 7.49. The van der Waals surface area contributed by atoms with Crippen LogP contribution >= 0.6 is 0 Å². The van der Waals surface area contributed by atoms with Gasteiger partial charge in [0.05, 0.1) is 13.2 Å².